The number of benzene rings is 1. The third-order valence-electron chi connectivity index (χ3n) is 2.54. The van der Waals surface area contributed by atoms with Gasteiger partial charge in [0, 0.05) is 19.8 Å². The SMILES string of the molecule is Cn1c(=O)n(-c2ccc(N)cc2)c(=O)n1C. The first-order valence-electron chi connectivity index (χ1n) is 4.73. The Morgan fingerprint density at radius 2 is 1.38 bits per heavy atom. The maximum Gasteiger partial charge on any atom is 0.351 e. The van der Waals surface area contributed by atoms with Gasteiger partial charge < -0.3 is 5.73 Å². The second-order valence-electron chi connectivity index (χ2n) is 3.54. The minimum Gasteiger partial charge on any atom is -0.399 e. The molecule has 1 heterocycles. The molecule has 6 heteroatoms. The topological polar surface area (TPSA) is 75.0 Å². The molecule has 0 bridgehead atoms. The number of nitrogens with zero attached hydrogens (tertiary/aromatic N) is 3. The van der Waals surface area contributed by atoms with Crippen LogP contribution in [0.3, 0.4) is 0 Å². The van der Waals surface area contributed by atoms with Crippen LogP contribution in [-0.4, -0.2) is 13.9 Å². The zero-order valence-corrected chi connectivity index (χ0v) is 9.04. The van der Waals surface area contributed by atoms with Gasteiger partial charge in [-0.05, 0) is 24.3 Å². The van der Waals surface area contributed by atoms with Gasteiger partial charge in [-0.3, -0.25) is 0 Å². The largest absolute Gasteiger partial charge is 0.399 e. The molecule has 16 heavy (non-hydrogen) atoms. The molecular formula is C10H12N4O2. The van der Waals surface area contributed by atoms with Crippen molar-refractivity contribution in [1.82, 2.24) is 13.9 Å². The van der Waals surface area contributed by atoms with Gasteiger partial charge in [0.25, 0.3) is 0 Å². The maximum atomic E-state index is 11.8. The van der Waals surface area contributed by atoms with E-state index in [-0.39, 0.29) is 11.4 Å². The fourth-order valence-corrected chi connectivity index (χ4v) is 1.47. The summed E-state index contributed by atoms with van der Waals surface area (Å²) in [5, 5.41) is 0. The molecule has 2 aromatic rings. The number of nitrogen functional groups attached to an aromatic ring is 1. The van der Waals surface area contributed by atoms with Gasteiger partial charge in [-0.25, -0.2) is 23.5 Å². The molecule has 0 amide bonds. The molecule has 0 saturated heterocycles. The molecule has 1 aromatic heterocycles. The molecule has 2 N–H and O–H groups in total. The van der Waals surface area contributed by atoms with Crippen LogP contribution >= 0.6 is 0 Å². The number of hydrogen-bond donors (Lipinski definition) is 1. The lowest BCUT2D eigenvalue weighted by atomic mass is 10.3. The van der Waals surface area contributed by atoms with E-state index in [9.17, 15) is 9.59 Å². The molecule has 0 radical (unpaired) electrons. The summed E-state index contributed by atoms with van der Waals surface area (Å²) in [5.74, 6) is 0. The quantitative estimate of drug-likeness (QED) is 0.656. The van der Waals surface area contributed by atoms with Crippen molar-refractivity contribution >= 4 is 5.69 Å². The van der Waals surface area contributed by atoms with Crippen LogP contribution in [0.2, 0.25) is 0 Å². The van der Waals surface area contributed by atoms with E-state index in [1.807, 2.05) is 0 Å². The Morgan fingerprint density at radius 3 is 1.81 bits per heavy atom. The number of nitrogens with two attached hydrogens (primary N) is 1. The van der Waals surface area contributed by atoms with E-state index in [1.165, 1.54) is 23.5 Å². The lowest BCUT2D eigenvalue weighted by molar-refractivity contribution is 0.565. The average Bonchev–Trinajstić information content (AvgIpc) is 2.46. The molecule has 0 unspecified atom stereocenters. The Kier molecular flexibility index (Phi) is 2.19. The number of hydrogen-bond acceptors (Lipinski definition) is 3. The molecular weight excluding hydrogens is 208 g/mol. The van der Waals surface area contributed by atoms with Crippen molar-refractivity contribution in [3.8, 4) is 5.69 Å². The van der Waals surface area contributed by atoms with Crippen molar-refractivity contribution in [2.24, 2.45) is 14.1 Å². The van der Waals surface area contributed by atoms with Crippen LogP contribution in [0.4, 0.5) is 5.69 Å². The van der Waals surface area contributed by atoms with Gasteiger partial charge in [-0.15, -0.1) is 0 Å². The van der Waals surface area contributed by atoms with E-state index in [4.69, 9.17) is 5.73 Å². The molecule has 0 aliphatic rings. The first kappa shape index (κ1) is 10.3. The van der Waals surface area contributed by atoms with Gasteiger partial charge in [0.05, 0.1) is 5.69 Å². The van der Waals surface area contributed by atoms with Gasteiger partial charge in [-0.1, -0.05) is 0 Å². The van der Waals surface area contributed by atoms with E-state index in [0.717, 1.165) is 4.57 Å². The Morgan fingerprint density at radius 1 is 0.938 bits per heavy atom. The lowest BCUT2D eigenvalue weighted by Gasteiger charge is -1.98. The first-order chi connectivity index (χ1) is 7.52. The van der Waals surface area contributed by atoms with Gasteiger partial charge in [0.2, 0.25) is 0 Å². The number of rotatable bonds is 1. The molecule has 0 aliphatic carbocycles. The highest BCUT2D eigenvalue weighted by atomic mass is 16.2. The van der Waals surface area contributed by atoms with Crippen LogP contribution in [0.1, 0.15) is 0 Å². The summed E-state index contributed by atoms with van der Waals surface area (Å²) < 4.78 is 3.59. The minimum atomic E-state index is -0.378. The monoisotopic (exact) mass is 220 g/mol. The summed E-state index contributed by atoms with van der Waals surface area (Å²) in [4.78, 5) is 23.5. The molecule has 0 fully saturated rings. The molecule has 2 rings (SSSR count). The zero-order chi connectivity index (χ0) is 11.9. The smallest absolute Gasteiger partial charge is 0.351 e. The van der Waals surface area contributed by atoms with E-state index in [2.05, 4.69) is 0 Å². The molecule has 0 atom stereocenters. The van der Waals surface area contributed by atoms with Crippen molar-refractivity contribution in [1.29, 1.82) is 0 Å². The average molecular weight is 220 g/mol. The Bertz CT molecular complexity index is 597. The molecule has 0 saturated carbocycles. The summed E-state index contributed by atoms with van der Waals surface area (Å²) >= 11 is 0. The van der Waals surface area contributed by atoms with Crippen LogP contribution < -0.4 is 17.1 Å². The third kappa shape index (κ3) is 1.35. The fourth-order valence-electron chi connectivity index (χ4n) is 1.47. The van der Waals surface area contributed by atoms with Crippen molar-refractivity contribution in [2.45, 2.75) is 0 Å². The van der Waals surface area contributed by atoms with E-state index >= 15 is 0 Å². The van der Waals surface area contributed by atoms with Crippen molar-refractivity contribution < 1.29 is 0 Å². The summed E-state index contributed by atoms with van der Waals surface area (Å²) in [7, 11) is 3.08. The zero-order valence-electron chi connectivity index (χ0n) is 9.04. The highest BCUT2D eigenvalue weighted by Crippen LogP contribution is 2.06. The summed E-state index contributed by atoms with van der Waals surface area (Å²) in [6.45, 7) is 0. The van der Waals surface area contributed by atoms with Crippen molar-refractivity contribution in [3.05, 3.63) is 45.2 Å². The van der Waals surface area contributed by atoms with Crippen LogP contribution in [0.25, 0.3) is 5.69 Å². The van der Waals surface area contributed by atoms with Crippen molar-refractivity contribution in [3.63, 3.8) is 0 Å². The summed E-state index contributed by atoms with van der Waals surface area (Å²) in [6, 6.07) is 6.57. The highest BCUT2D eigenvalue weighted by Gasteiger charge is 2.11. The normalized spacial score (nSPS) is 10.6. The minimum absolute atomic E-state index is 0.378. The van der Waals surface area contributed by atoms with Crippen LogP contribution in [0.5, 0.6) is 0 Å². The molecule has 6 nitrogen and oxygen atoms in total. The van der Waals surface area contributed by atoms with Gasteiger partial charge in [0.15, 0.2) is 0 Å². The van der Waals surface area contributed by atoms with Crippen LogP contribution in [0.15, 0.2) is 33.9 Å². The second kappa shape index (κ2) is 3.41. The fraction of sp³-hybridized carbons (Fsp3) is 0.200. The van der Waals surface area contributed by atoms with Crippen LogP contribution in [0, 0.1) is 0 Å². The van der Waals surface area contributed by atoms with E-state index in [1.54, 1.807) is 24.3 Å². The molecule has 0 spiro atoms. The predicted octanol–water partition coefficient (Wildman–Crippen LogP) is -0.543. The highest BCUT2D eigenvalue weighted by molar-refractivity contribution is 5.44. The Balaban J connectivity index is 2.75. The Labute approximate surface area is 91.1 Å². The Hall–Kier alpha value is -2.24. The standard InChI is InChI=1S/C10H12N4O2/c1-12-9(15)14(10(16)13(12)2)8-5-3-7(11)4-6-8/h3-6H,11H2,1-2H3. The van der Waals surface area contributed by atoms with Crippen molar-refractivity contribution in [2.75, 3.05) is 5.73 Å². The molecule has 1 aromatic carbocycles. The molecule has 84 valence electrons. The summed E-state index contributed by atoms with van der Waals surface area (Å²) in [6.07, 6.45) is 0. The van der Waals surface area contributed by atoms with Gasteiger partial charge in [0.1, 0.15) is 0 Å². The number of anilines is 1. The van der Waals surface area contributed by atoms with Gasteiger partial charge >= 0.3 is 11.4 Å². The van der Waals surface area contributed by atoms with E-state index < -0.39 is 0 Å². The third-order valence-corrected chi connectivity index (χ3v) is 2.54. The van der Waals surface area contributed by atoms with Gasteiger partial charge in [-0.2, -0.15) is 0 Å². The van der Waals surface area contributed by atoms with Crippen LogP contribution in [-0.2, 0) is 14.1 Å². The predicted molar refractivity (Wildman–Crippen MR) is 60.7 cm³/mol. The first-order valence-corrected chi connectivity index (χ1v) is 4.73. The number of aromatic nitrogens is 3. The lowest BCUT2D eigenvalue weighted by Crippen LogP contribution is -2.26. The van der Waals surface area contributed by atoms with E-state index in [0.29, 0.717) is 11.4 Å². The summed E-state index contributed by atoms with van der Waals surface area (Å²) in [5.41, 5.74) is 5.89. The maximum absolute atomic E-state index is 11.8. The molecule has 0 aliphatic heterocycles. The second-order valence-corrected chi connectivity index (χ2v) is 3.54.